The van der Waals surface area contributed by atoms with Gasteiger partial charge in [-0.25, -0.2) is 9.59 Å². The smallest absolute Gasteiger partial charge is 0.326 e. The summed E-state index contributed by atoms with van der Waals surface area (Å²) in [6.45, 7) is 8.31. The fourth-order valence-electron chi connectivity index (χ4n) is 2.71. The predicted molar refractivity (Wildman–Crippen MR) is 82.3 cm³/mol. The molecular formula is C15H29N3O3. The van der Waals surface area contributed by atoms with Crippen LogP contribution in [0.25, 0.3) is 0 Å². The summed E-state index contributed by atoms with van der Waals surface area (Å²) in [6, 6.07) is -0.849. The second-order valence-electron chi connectivity index (χ2n) is 5.83. The van der Waals surface area contributed by atoms with Crippen LogP contribution in [0.1, 0.15) is 46.5 Å². The minimum Gasteiger partial charge on any atom is -0.480 e. The Morgan fingerprint density at radius 1 is 1.33 bits per heavy atom. The Kier molecular flexibility index (Phi) is 7.50. The average Bonchev–Trinajstić information content (AvgIpc) is 2.49. The molecule has 0 aromatic carbocycles. The van der Waals surface area contributed by atoms with E-state index < -0.39 is 12.0 Å². The number of carbonyl (C=O) groups excluding carboxylic acids is 1. The Labute approximate surface area is 127 Å². The number of nitrogens with one attached hydrogen (secondary N) is 2. The summed E-state index contributed by atoms with van der Waals surface area (Å²) >= 11 is 0. The summed E-state index contributed by atoms with van der Waals surface area (Å²) < 4.78 is 0. The van der Waals surface area contributed by atoms with Gasteiger partial charge in [0.05, 0.1) is 0 Å². The Bertz CT molecular complexity index is 343. The van der Waals surface area contributed by atoms with Crippen molar-refractivity contribution in [1.29, 1.82) is 0 Å². The molecule has 0 bridgehead atoms. The number of amides is 2. The van der Waals surface area contributed by atoms with Crippen molar-refractivity contribution >= 4 is 12.0 Å². The molecule has 1 rings (SSSR count). The van der Waals surface area contributed by atoms with Gasteiger partial charge >= 0.3 is 12.0 Å². The molecule has 0 radical (unpaired) electrons. The molecular weight excluding hydrogens is 270 g/mol. The molecule has 21 heavy (non-hydrogen) atoms. The quantitative estimate of drug-likeness (QED) is 0.668. The van der Waals surface area contributed by atoms with E-state index in [0.29, 0.717) is 6.54 Å². The third-order valence-corrected chi connectivity index (χ3v) is 4.23. The van der Waals surface area contributed by atoms with E-state index in [1.165, 1.54) is 0 Å². The molecule has 0 aromatic heterocycles. The minimum atomic E-state index is -0.959. The number of hydrogen-bond acceptors (Lipinski definition) is 3. The van der Waals surface area contributed by atoms with Crippen molar-refractivity contribution in [2.45, 2.75) is 58.5 Å². The summed E-state index contributed by atoms with van der Waals surface area (Å²) in [6.07, 6.45) is 3.44. The van der Waals surface area contributed by atoms with Crippen LogP contribution in [0.3, 0.4) is 0 Å². The minimum absolute atomic E-state index is 0.0806. The molecule has 0 aromatic rings. The van der Waals surface area contributed by atoms with Crippen LogP contribution in [0.2, 0.25) is 0 Å². The van der Waals surface area contributed by atoms with E-state index in [0.717, 1.165) is 38.8 Å². The number of carboxylic acids is 1. The molecule has 6 nitrogen and oxygen atoms in total. The fourth-order valence-corrected chi connectivity index (χ4v) is 2.71. The highest BCUT2D eigenvalue weighted by molar-refractivity contribution is 5.83. The monoisotopic (exact) mass is 299 g/mol. The topological polar surface area (TPSA) is 81.7 Å². The standard InChI is InChI=1S/C15H29N3O3/c1-4-10-18(12-6-8-16-9-7-12)15(21)17-13(14(19)20)11(3)5-2/h11-13,16H,4-10H2,1-3H3,(H,17,21)(H,19,20)/t11?,13-/m0/s1. The molecule has 2 amide bonds. The molecule has 1 unspecified atom stereocenters. The van der Waals surface area contributed by atoms with Crippen LogP contribution in [0, 0.1) is 5.92 Å². The number of carboxylic acid groups (broad SMARTS) is 1. The van der Waals surface area contributed by atoms with Crippen molar-refractivity contribution in [2.75, 3.05) is 19.6 Å². The zero-order chi connectivity index (χ0) is 15.8. The highest BCUT2D eigenvalue weighted by Crippen LogP contribution is 2.14. The van der Waals surface area contributed by atoms with Gasteiger partial charge in [-0.2, -0.15) is 0 Å². The Morgan fingerprint density at radius 3 is 2.43 bits per heavy atom. The number of hydrogen-bond donors (Lipinski definition) is 3. The lowest BCUT2D eigenvalue weighted by Crippen LogP contribution is -2.55. The molecule has 1 fully saturated rings. The van der Waals surface area contributed by atoms with Crippen LogP contribution in [-0.2, 0) is 4.79 Å². The molecule has 1 saturated heterocycles. The molecule has 1 heterocycles. The summed E-state index contributed by atoms with van der Waals surface area (Å²) in [7, 11) is 0. The summed E-state index contributed by atoms with van der Waals surface area (Å²) in [4.78, 5) is 25.7. The van der Waals surface area contributed by atoms with Gasteiger partial charge < -0.3 is 20.6 Å². The number of rotatable bonds is 7. The van der Waals surface area contributed by atoms with Gasteiger partial charge in [-0.05, 0) is 38.3 Å². The van der Waals surface area contributed by atoms with Crippen LogP contribution >= 0.6 is 0 Å². The van der Waals surface area contributed by atoms with Crippen molar-refractivity contribution in [3.63, 3.8) is 0 Å². The summed E-state index contributed by atoms with van der Waals surface area (Å²) in [5.74, 6) is -1.04. The lowest BCUT2D eigenvalue weighted by Gasteiger charge is -2.35. The van der Waals surface area contributed by atoms with Crippen molar-refractivity contribution in [3.05, 3.63) is 0 Å². The number of aliphatic carboxylic acids is 1. The highest BCUT2D eigenvalue weighted by atomic mass is 16.4. The van der Waals surface area contributed by atoms with Gasteiger partial charge in [0.25, 0.3) is 0 Å². The number of carbonyl (C=O) groups is 2. The van der Waals surface area contributed by atoms with Gasteiger partial charge in [0.2, 0.25) is 0 Å². The van der Waals surface area contributed by atoms with Gasteiger partial charge in [-0.15, -0.1) is 0 Å². The fraction of sp³-hybridized carbons (Fsp3) is 0.867. The normalized spacial score (nSPS) is 18.8. The third-order valence-electron chi connectivity index (χ3n) is 4.23. The van der Waals surface area contributed by atoms with E-state index in [1.807, 2.05) is 25.7 Å². The zero-order valence-electron chi connectivity index (χ0n) is 13.4. The van der Waals surface area contributed by atoms with Gasteiger partial charge in [0.1, 0.15) is 6.04 Å². The van der Waals surface area contributed by atoms with Gasteiger partial charge in [0.15, 0.2) is 0 Å². The van der Waals surface area contributed by atoms with Crippen molar-refractivity contribution in [2.24, 2.45) is 5.92 Å². The summed E-state index contributed by atoms with van der Waals surface area (Å²) in [5, 5.41) is 15.3. The second-order valence-corrected chi connectivity index (χ2v) is 5.83. The molecule has 0 spiro atoms. The van der Waals surface area contributed by atoms with Crippen LogP contribution in [0.5, 0.6) is 0 Å². The lowest BCUT2D eigenvalue weighted by molar-refractivity contribution is -0.140. The summed E-state index contributed by atoms with van der Waals surface area (Å²) in [5.41, 5.74) is 0. The average molecular weight is 299 g/mol. The molecule has 2 atom stereocenters. The zero-order valence-corrected chi connectivity index (χ0v) is 13.4. The molecule has 6 heteroatoms. The highest BCUT2D eigenvalue weighted by Gasteiger charge is 2.30. The SMILES string of the molecule is CCCN(C(=O)N[C@H](C(=O)O)C(C)CC)C1CCNCC1. The molecule has 122 valence electrons. The van der Waals surface area contributed by atoms with Crippen LogP contribution < -0.4 is 10.6 Å². The largest absolute Gasteiger partial charge is 0.480 e. The van der Waals surface area contributed by atoms with E-state index in [9.17, 15) is 14.7 Å². The molecule has 3 N–H and O–H groups in total. The predicted octanol–water partition coefficient (Wildman–Crippen LogP) is 1.66. The first-order chi connectivity index (χ1) is 10.0. The van der Waals surface area contributed by atoms with Crippen molar-refractivity contribution < 1.29 is 14.7 Å². The second kappa shape index (κ2) is 8.87. The third kappa shape index (κ3) is 5.19. The van der Waals surface area contributed by atoms with Crippen LogP contribution in [0.4, 0.5) is 4.79 Å². The van der Waals surface area contributed by atoms with Gasteiger partial charge in [-0.1, -0.05) is 27.2 Å². The van der Waals surface area contributed by atoms with E-state index in [-0.39, 0.29) is 18.0 Å². The van der Waals surface area contributed by atoms with Crippen LogP contribution in [0.15, 0.2) is 0 Å². The maximum absolute atomic E-state index is 12.5. The Hall–Kier alpha value is -1.30. The first-order valence-electron chi connectivity index (χ1n) is 8.01. The Morgan fingerprint density at radius 2 is 1.95 bits per heavy atom. The molecule has 1 aliphatic heterocycles. The molecule has 1 aliphatic rings. The van der Waals surface area contributed by atoms with E-state index >= 15 is 0 Å². The molecule has 0 aliphatic carbocycles. The van der Waals surface area contributed by atoms with Crippen molar-refractivity contribution in [3.8, 4) is 0 Å². The number of urea groups is 1. The van der Waals surface area contributed by atoms with E-state index in [4.69, 9.17) is 0 Å². The van der Waals surface area contributed by atoms with E-state index in [2.05, 4.69) is 10.6 Å². The number of nitrogens with zero attached hydrogens (tertiary/aromatic N) is 1. The first kappa shape index (κ1) is 17.8. The number of piperidine rings is 1. The van der Waals surface area contributed by atoms with Gasteiger partial charge in [-0.3, -0.25) is 0 Å². The van der Waals surface area contributed by atoms with E-state index in [1.54, 1.807) is 0 Å². The van der Waals surface area contributed by atoms with Crippen LogP contribution in [-0.4, -0.2) is 53.7 Å². The first-order valence-corrected chi connectivity index (χ1v) is 8.01. The lowest BCUT2D eigenvalue weighted by atomic mass is 9.99. The maximum atomic E-state index is 12.5. The maximum Gasteiger partial charge on any atom is 0.326 e. The van der Waals surface area contributed by atoms with Gasteiger partial charge in [0, 0.05) is 12.6 Å². The Balaban J connectivity index is 2.72. The van der Waals surface area contributed by atoms with Crippen molar-refractivity contribution in [1.82, 2.24) is 15.5 Å². The molecule has 0 saturated carbocycles.